The highest BCUT2D eigenvalue weighted by molar-refractivity contribution is 6.42. The van der Waals surface area contributed by atoms with Crippen molar-refractivity contribution in [3.63, 3.8) is 0 Å². The van der Waals surface area contributed by atoms with Gasteiger partial charge >= 0.3 is 0 Å². The monoisotopic (exact) mass is 300 g/mol. The van der Waals surface area contributed by atoms with Gasteiger partial charge in [0.05, 0.1) is 10.0 Å². The molecule has 0 amide bonds. The Morgan fingerprint density at radius 1 is 1.00 bits per heavy atom. The molecule has 0 radical (unpaired) electrons. The van der Waals surface area contributed by atoms with Crippen molar-refractivity contribution in [3.8, 4) is 0 Å². The Morgan fingerprint density at radius 2 is 1.63 bits per heavy atom. The fourth-order valence-corrected chi connectivity index (χ4v) is 1.93. The van der Waals surface area contributed by atoms with Crippen LogP contribution in [0.3, 0.4) is 0 Å². The van der Waals surface area contributed by atoms with E-state index in [2.05, 4.69) is 0 Å². The standard InChI is InChI=1S/C14H8Cl2F2O/c15-10-5-4-8(6-11(10)16)14(19)7-9-12(17)2-1-3-13(9)18/h1-6H,7H2. The lowest BCUT2D eigenvalue weighted by Gasteiger charge is -2.05. The van der Waals surface area contributed by atoms with Crippen LogP contribution in [0.5, 0.6) is 0 Å². The number of ketones is 1. The van der Waals surface area contributed by atoms with Gasteiger partial charge in [-0.05, 0) is 30.3 Å². The van der Waals surface area contributed by atoms with Crippen LogP contribution in [-0.2, 0) is 6.42 Å². The lowest BCUT2D eigenvalue weighted by molar-refractivity contribution is 0.0990. The second kappa shape index (κ2) is 5.68. The van der Waals surface area contributed by atoms with Crippen LogP contribution in [0.15, 0.2) is 36.4 Å². The van der Waals surface area contributed by atoms with Crippen molar-refractivity contribution in [2.75, 3.05) is 0 Å². The van der Waals surface area contributed by atoms with Crippen LogP contribution in [0.1, 0.15) is 15.9 Å². The summed E-state index contributed by atoms with van der Waals surface area (Å²) in [7, 11) is 0. The molecule has 0 bridgehead atoms. The molecule has 0 saturated carbocycles. The molecule has 0 atom stereocenters. The summed E-state index contributed by atoms with van der Waals surface area (Å²) in [5, 5.41) is 0.539. The number of halogens is 4. The van der Waals surface area contributed by atoms with Crippen LogP contribution in [0, 0.1) is 11.6 Å². The summed E-state index contributed by atoms with van der Waals surface area (Å²) >= 11 is 11.5. The van der Waals surface area contributed by atoms with Gasteiger partial charge in [0.2, 0.25) is 0 Å². The molecule has 0 aromatic heterocycles. The normalized spacial score (nSPS) is 10.5. The van der Waals surface area contributed by atoms with Crippen molar-refractivity contribution in [3.05, 3.63) is 69.2 Å². The molecular weight excluding hydrogens is 293 g/mol. The maximum Gasteiger partial charge on any atom is 0.167 e. The van der Waals surface area contributed by atoms with Crippen LogP contribution >= 0.6 is 23.2 Å². The number of hydrogen-bond acceptors (Lipinski definition) is 1. The van der Waals surface area contributed by atoms with E-state index in [4.69, 9.17) is 23.2 Å². The number of hydrogen-bond donors (Lipinski definition) is 0. The molecule has 0 aliphatic rings. The van der Waals surface area contributed by atoms with Gasteiger partial charge in [0.25, 0.3) is 0 Å². The van der Waals surface area contributed by atoms with Gasteiger partial charge in [-0.3, -0.25) is 4.79 Å². The molecule has 0 spiro atoms. The van der Waals surface area contributed by atoms with Crippen molar-refractivity contribution >= 4 is 29.0 Å². The third-order valence-electron chi connectivity index (χ3n) is 2.64. The van der Waals surface area contributed by atoms with E-state index in [9.17, 15) is 13.6 Å². The zero-order valence-corrected chi connectivity index (χ0v) is 11.1. The van der Waals surface area contributed by atoms with Gasteiger partial charge in [-0.2, -0.15) is 0 Å². The first-order valence-electron chi connectivity index (χ1n) is 5.40. The molecule has 0 aliphatic heterocycles. The highest BCUT2D eigenvalue weighted by Gasteiger charge is 2.15. The summed E-state index contributed by atoms with van der Waals surface area (Å²) in [6.07, 6.45) is -0.365. The molecule has 0 unspecified atom stereocenters. The minimum Gasteiger partial charge on any atom is -0.294 e. The van der Waals surface area contributed by atoms with Crippen molar-refractivity contribution < 1.29 is 13.6 Å². The summed E-state index contributed by atoms with van der Waals surface area (Å²) < 4.78 is 26.9. The molecule has 0 N–H and O–H groups in total. The first-order chi connectivity index (χ1) is 8.99. The number of carbonyl (C=O) groups is 1. The average Bonchev–Trinajstić information content (AvgIpc) is 2.37. The van der Waals surface area contributed by atoms with Crippen LogP contribution in [0.2, 0.25) is 10.0 Å². The lowest BCUT2D eigenvalue weighted by atomic mass is 10.0. The first kappa shape index (κ1) is 14.0. The Hall–Kier alpha value is -1.45. The van der Waals surface area contributed by atoms with Crippen molar-refractivity contribution in [1.82, 2.24) is 0 Å². The summed E-state index contributed by atoms with van der Waals surface area (Å²) in [4.78, 5) is 11.9. The van der Waals surface area contributed by atoms with Crippen molar-refractivity contribution in [2.24, 2.45) is 0 Å². The lowest BCUT2D eigenvalue weighted by Crippen LogP contribution is -2.07. The van der Waals surface area contributed by atoms with Crippen LogP contribution < -0.4 is 0 Å². The third-order valence-corrected chi connectivity index (χ3v) is 3.38. The molecule has 1 nitrogen and oxygen atoms in total. The second-order valence-corrected chi connectivity index (χ2v) is 4.74. The van der Waals surface area contributed by atoms with E-state index in [0.29, 0.717) is 5.02 Å². The zero-order valence-electron chi connectivity index (χ0n) is 9.59. The zero-order chi connectivity index (χ0) is 14.0. The fourth-order valence-electron chi connectivity index (χ4n) is 1.63. The second-order valence-electron chi connectivity index (χ2n) is 3.93. The minimum absolute atomic E-state index is 0.224. The SMILES string of the molecule is O=C(Cc1c(F)cccc1F)c1ccc(Cl)c(Cl)c1. The molecule has 2 aromatic rings. The first-order valence-corrected chi connectivity index (χ1v) is 6.16. The predicted octanol–water partition coefficient (Wildman–Crippen LogP) is 4.70. The molecule has 5 heteroatoms. The summed E-state index contributed by atoms with van der Waals surface area (Å²) in [5.74, 6) is -1.91. The summed E-state index contributed by atoms with van der Waals surface area (Å²) in [6.45, 7) is 0. The molecule has 0 heterocycles. The number of rotatable bonds is 3. The molecular formula is C14H8Cl2F2O. The molecule has 2 aromatic carbocycles. The number of Topliss-reactive ketones (excluding diaryl/α,β-unsaturated/α-hetero) is 1. The highest BCUT2D eigenvalue weighted by atomic mass is 35.5. The number of benzene rings is 2. The van der Waals surface area contributed by atoms with Gasteiger partial charge in [0.1, 0.15) is 11.6 Å². The van der Waals surface area contributed by atoms with E-state index >= 15 is 0 Å². The quantitative estimate of drug-likeness (QED) is 0.751. The Bertz CT molecular complexity index is 621. The fraction of sp³-hybridized carbons (Fsp3) is 0.0714. The average molecular weight is 301 g/mol. The van der Waals surface area contributed by atoms with E-state index < -0.39 is 17.4 Å². The maximum atomic E-state index is 13.4. The topological polar surface area (TPSA) is 17.1 Å². The molecule has 2 rings (SSSR count). The van der Waals surface area contributed by atoms with Gasteiger partial charge < -0.3 is 0 Å². The largest absolute Gasteiger partial charge is 0.294 e. The van der Waals surface area contributed by atoms with E-state index in [1.807, 2.05) is 0 Å². The Kier molecular flexibility index (Phi) is 4.17. The van der Waals surface area contributed by atoms with Crippen molar-refractivity contribution in [1.29, 1.82) is 0 Å². The van der Waals surface area contributed by atoms with Crippen LogP contribution in [-0.4, -0.2) is 5.78 Å². The summed E-state index contributed by atoms with van der Waals surface area (Å²) in [6, 6.07) is 7.79. The van der Waals surface area contributed by atoms with E-state index in [-0.39, 0.29) is 22.6 Å². The van der Waals surface area contributed by atoms with Crippen molar-refractivity contribution in [2.45, 2.75) is 6.42 Å². The van der Waals surface area contributed by atoms with E-state index in [1.165, 1.54) is 24.3 Å². The summed E-state index contributed by atoms with van der Waals surface area (Å²) in [5.41, 5.74) is 0.00984. The molecule has 0 aliphatic carbocycles. The third kappa shape index (κ3) is 3.11. The van der Waals surface area contributed by atoms with Gasteiger partial charge in [-0.15, -0.1) is 0 Å². The van der Waals surface area contributed by atoms with E-state index in [0.717, 1.165) is 12.1 Å². The van der Waals surface area contributed by atoms with Gasteiger partial charge in [0, 0.05) is 17.5 Å². The predicted molar refractivity (Wildman–Crippen MR) is 70.9 cm³/mol. The number of carbonyl (C=O) groups excluding carboxylic acids is 1. The smallest absolute Gasteiger partial charge is 0.167 e. The van der Waals surface area contributed by atoms with Crippen LogP contribution in [0.25, 0.3) is 0 Å². The Morgan fingerprint density at radius 3 is 2.21 bits per heavy atom. The van der Waals surface area contributed by atoms with Gasteiger partial charge in [0.15, 0.2) is 5.78 Å². The van der Waals surface area contributed by atoms with Gasteiger partial charge in [-0.1, -0.05) is 29.3 Å². The Labute approximate surface area is 118 Å². The highest BCUT2D eigenvalue weighted by Crippen LogP contribution is 2.24. The maximum absolute atomic E-state index is 13.4. The Balaban J connectivity index is 2.28. The molecule has 98 valence electrons. The van der Waals surface area contributed by atoms with Gasteiger partial charge in [-0.25, -0.2) is 8.78 Å². The van der Waals surface area contributed by atoms with Crippen LogP contribution in [0.4, 0.5) is 8.78 Å². The minimum atomic E-state index is -0.742. The molecule has 19 heavy (non-hydrogen) atoms. The van der Waals surface area contributed by atoms with E-state index in [1.54, 1.807) is 0 Å². The molecule has 0 fully saturated rings. The molecule has 0 saturated heterocycles.